The Labute approximate surface area is 330 Å². The van der Waals surface area contributed by atoms with Crippen LogP contribution in [-0.4, -0.2) is 9.97 Å². The van der Waals surface area contributed by atoms with Gasteiger partial charge in [0.15, 0.2) is 5.82 Å². The number of rotatable bonds is 6. The van der Waals surface area contributed by atoms with Gasteiger partial charge >= 0.3 is 0 Å². The Morgan fingerprint density at radius 3 is 1.61 bits per heavy atom. The van der Waals surface area contributed by atoms with Crippen molar-refractivity contribution in [3.8, 4) is 67.3 Å². The van der Waals surface area contributed by atoms with Crippen molar-refractivity contribution >= 4 is 43.5 Å². The molecule has 266 valence electrons. The van der Waals surface area contributed by atoms with Gasteiger partial charge in [0.1, 0.15) is 11.2 Å². The van der Waals surface area contributed by atoms with Crippen molar-refractivity contribution in [1.82, 2.24) is 9.97 Å². The standard InChI is InChI=1S/C54H34N2O/c1-3-15-36(16-4-1)50-34-51(56-54(55-50)37-17-5-2-6-18-37)43-23-12-21-40(32-43)39-20-11-22-41(31-39)44-26-13-27-47-49-33-48(42-29-28-35-14-7-8-19-38(35)30-42)45-24-9-10-25-46(45)53(49)57-52(44)47/h1-34H. The first kappa shape index (κ1) is 32.8. The molecule has 0 fully saturated rings. The third-order valence-electron chi connectivity index (χ3n) is 11.1. The molecule has 0 aliphatic carbocycles. The van der Waals surface area contributed by atoms with E-state index in [0.29, 0.717) is 5.82 Å². The van der Waals surface area contributed by atoms with Crippen LogP contribution in [0.25, 0.3) is 111 Å². The molecule has 0 amide bonds. The minimum absolute atomic E-state index is 0.704. The molecule has 3 heteroatoms. The van der Waals surface area contributed by atoms with Crippen LogP contribution in [0, 0.1) is 0 Å². The zero-order valence-corrected chi connectivity index (χ0v) is 30.9. The highest BCUT2D eigenvalue weighted by Gasteiger charge is 2.18. The van der Waals surface area contributed by atoms with Gasteiger partial charge in [-0.15, -0.1) is 0 Å². The number of hydrogen-bond acceptors (Lipinski definition) is 3. The van der Waals surface area contributed by atoms with Gasteiger partial charge in [-0.3, -0.25) is 0 Å². The summed E-state index contributed by atoms with van der Waals surface area (Å²) < 4.78 is 6.92. The van der Waals surface area contributed by atoms with Crippen molar-refractivity contribution in [2.24, 2.45) is 0 Å². The molecule has 11 rings (SSSR count). The average Bonchev–Trinajstić information content (AvgIpc) is 3.68. The fourth-order valence-electron chi connectivity index (χ4n) is 8.24. The van der Waals surface area contributed by atoms with E-state index in [2.05, 4.69) is 170 Å². The Kier molecular flexibility index (Phi) is 7.82. The summed E-state index contributed by atoms with van der Waals surface area (Å²) in [7, 11) is 0. The van der Waals surface area contributed by atoms with Crippen LogP contribution in [-0.2, 0) is 0 Å². The molecular weight excluding hydrogens is 693 g/mol. The van der Waals surface area contributed by atoms with Crippen LogP contribution in [0.1, 0.15) is 0 Å². The van der Waals surface area contributed by atoms with E-state index in [4.69, 9.17) is 14.4 Å². The summed E-state index contributed by atoms with van der Waals surface area (Å²) in [5, 5.41) is 6.99. The molecule has 0 saturated heterocycles. The van der Waals surface area contributed by atoms with E-state index in [9.17, 15) is 0 Å². The molecule has 57 heavy (non-hydrogen) atoms. The lowest BCUT2D eigenvalue weighted by Crippen LogP contribution is -1.96. The monoisotopic (exact) mass is 726 g/mol. The van der Waals surface area contributed by atoms with Crippen molar-refractivity contribution < 1.29 is 4.42 Å². The molecule has 0 N–H and O–H groups in total. The summed E-state index contributed by atoms with van der Waals surface area (Å²) >= 11 is 0. The van der Waals surface area contributed by atoms with Gasteiger partial charge < -0.3 is 4.42 Å². The van der Waals surface area contributed by atoms with Crippen molar-refractivity contribution in [3.63, 3.8) is 0 Å². The highest BCUT2D eigenvalue weighted by Crippen LogP contribution is 2.43. The predicted molar refractivity (Wildman–Crippen MR) is 237 cm³/mol. The van der Waals surface area contributed by atoms with Crippen molar-refractivity contribution in [3.05, 3.63) is 206 Å². The number of furan rings is 1. The molecule has 3 nitrogen and oxygen atoms in total. The summed E-state index contributed by atoms with van der Waals surface area (Å²) in [5.41, 5.74) is 13.4. The number of hydrogen-bond donors (Lipinski definition) is 0. The van der Waals surface area contributed by atoms with E-state index in [1.807, 2.05) is 36.4 Å². The van der Waals surface area contributed by atoms with Gasteiger partial charge in [0.25, 0.3) is 0 Å². The lowest BCUT2D eigenvalue weighted by Gasteiger charge is -2.11. The number of benzene rings is 9. The second-order valence-corrected chi connectivity index (χ2v) is 14.5. The Balaban J connectivity index is 1.02. The first-order chi connectivity index (χ1) is 28.2. The van der Waals surface area contributed by atoms with E-state index in [0.717, 1.165) is 77.7 Å². The molecule has 0 radical (unpaired) electrons. The van der Waals surface area contributed by atoms with Crippen LogP contribution in [0.3, 0.4) is 0 Å². The molecule has 0 atom stereocenters. The lowest BCUT2D eigenvalue weighted by atomic mass is 9.93. The molecule has 2 aromatic heterocycles. The summed E-state index contributed by atoms with van der Waals surface area (Å²) in [6.45, 7) is 0. The fraction of sp³-hybridized carbons (Fsp3) is 0. The van der Waals surface area contributed by atoms with Crippen molar-refractivity contribution in [1.29, 1.82) is 0 Å². The third-order valence-corrected chi connectivity index (χ3v) is 11.1. The van der Waals surface area contributed by atoms with E-state index >= 15 is 0 Å². The van der Waals surface area contributed by atoms with Crippen LogP contribution in [0.2, 0.25) is 0 Å². The van der Waals surface area contributed by atoms with Crippen LogP contribution in [0.15, 0.2) is 211 Å². The summed E-state index contributed by atoms with van der Waals surface area (Å²) in [5.74, 6) is 0.704. The molecule has 0 unspecified atom stereocenters. The van der Waals surface area contributed by atoms with Crippen LogP contribution < -0.4 is 0 Å². The smallest absolute Gasteiger partial charge is 0.160 e. The second kappa shape index (κ2) is 13.6. The summed E-state index contributed by atoms with van der Waals surface area (Å²) in [6.07, 6.45) is 0. The molecule has 0 saturated carbocycles. The molecular formula is C54H34N2O. The van der Waals surface area contributed by atoms with Crippen LogP contribution >= 0.6 is 0 Å². The first-order valence-corrected chi connectivity index (χ1v) is 19.3. The van der Waals surface area contributed by atoms with Gasteiger partial charge in [-0.05, 0) is 74.3 Å². The topological polar surface area (TPSA) is 38.9 Å². The van der Waals surface area contributed by atoms with E-state index in [1.165, 1.54) is 27.3 Å². The normalized spacial score (nSPS) is 11.5. The zero-order valence-electron chi connectivity index (χ0n) is 30.9. The summed E-state index contributed by atoms with van der Waals surface area (Å²) in [6, 6.07) is 72.7. The number of nitrogens with zero attached hydrogens (tertiary/aromatic N) is 2. The minimum atomic E-state index is 0.704. The number of para-hydroxylation sites is 1. The van der Waals surface area contributed by atoms with Crippen LogP contribution in [0.5, 0.6) is 0 Å². The molecule has 0 spiro atoms. The Morgan fingerprint density at radius 2 is 0.825 bits per heavy atom. The largest absolute Gasteiger partial charge is 0.455 e. The van der Waals surface area contributed by atoms with E-state index in [1.54, 1.807) is 0 Å². The summed E-state index contributed by atoms with van der Waals surface area (Å²) in [4.78, 5) is 10.1. The van der Waals surface area contributed by atoms with E-state index < -0.39 is 0 Å². The molecule has 0 aliphatic heterocycles. The van der Waals surface area contributed by atoms with Crippen molar-refractivity contribution in [2.75, 3.05) is 0 Å². The van der Waals surface area contributed by atoms with Crippen LogP contribution in [0.4, 0.5) is 0 Å². The molecule has 11 aromatic rings. The van der Waals surface area contributed by atoms with Gasteiger partial charge in [0.05, 0.1) is 11.4 Å². The predicted octanol–water partition coefficient (Wildman–Crippen LogP) is 14.7. The lowest BCUT2D eigenvalue weighted by molar-refractivity contribution is 0.674. The molecule has 0 bridgehead atoms. The quantitative estimate of drug-likeness (QED) is 0.171. The highest BCUT2D eigenvalue weighted by atomic mass is 16.3. The first-order valence-electron chi connectivity index (χ1n) is 19.3. The third kappa shape index (κ3) is 5.85. The Hall–Kier alpha value is -7.62. The highest BCUT2D eigenvalue weighted by molar-refractivity contribution is 6.21. The SMILES string of the molecule is c1ccc(-c2cc(-c3cccc(-c4cccc(-c5cccc6c5oc5c7ccccc7c(-c7ccc8ccccc8c7)cc65)c4)c3)nc(-c3ccccc3)n2)cc1. The number of aromatic nitrogens is 2. The maximum atomic E-state index is 6.92. The molecule has 9 aromatic carbocycles. The van der Waals surface area contributed by atoms with Crippen molar-refractivity contribution in [2.45, 2.75) is 0 Å². The number of fused-ring (bicyclic) bond motifs is 6. The fourth-order valence-corrected chi connectivity index (χ4v) is 8.24. The average molecular weight is 727 g/mol. The Morgan fingerprint density at radius 1 is 0.281 bits per heavy atom. The van der Waals surface area contributed by atoms with Gasteiger partial charge in [0.2, 0.25) is 0 Å². The van der Waals surface area contributed by atoms with Gasteiger partial charge in [0, 0.05) is 38.4 Å². The molecule has 2 heterocycles. The maximum absolute atomic E-state index is 6.92. The zero-order chi connectivity index (χ0) is 37.7. The van der Waals surface area contributed by atoms with E-state index in [-0.39, 0.29) is 0 Å². The van der Waals surface area contributed by atoms with Gasteiger partial charge in [-0.1, -0.05) is 176 Å². The molecule has 0 aliphatic rings. The second-order valence-electron chi connectivity index (χ2n) is 14.5. The van der Waals surface area contributed by atoms with Gasteiger partial charge in [-0.2, -0.15) is 0 Å². The Bertz CT molecular complexity index is 3230. The maximum Gasteiger partial charge on any atom is 0.160 e. The minimum Gasteiger partial charge on any atom is -0.455 e. The van der Waals surface area contributed by atoms with Gasteiger partial charge in [-0.25, -0.2) is 9.97 Å².